The molecule has 1 aliphatic heterocycles. The highest BCUT2D eigenvalue weighted by atomic mass is 32.2. The maximum Gasteiger partial charge on any atom is 0.255 e. The number of nitrogens with one attached hydrogen (secondary N) is 1. The van der Waals surface area contributed by atoms with Gasteiger partial charge in [-0.3, -0.25) is 13.9 Å². The van der Waals surface area contributed by atoms with Crippen molar-refractivity contribution in [2.45, 2.75) is 13.0 Å². The van der Waals surface area contributed by atoms with Crippen LogP contribution < -0.4 is 14.5 Å². The first kappa shape index (κ1) is 36.2. The van der Waals surface area contributed by atoms with Gasteiger partial charge in [0, 0.05) is 60.9 Å². The molecule has 6 aromatic rings. The highest BCUT2D eigenvalue weighted by molar-refractivity contribution is 7.92. The number of amides is 2. The van der Waals surface area contributed by atoms with Gasteiger partial charge in [-0.05, 0) is 77.5 Å². The Balaban J connectivity index is 1.27. The van der Waals surface area contributed by atoms with Gasteiger partial charge < -0.3 is 19.5 Å². The summed E-state index contributed by atoms with van der Waals surface area (Å²) in [4.78, 5) is 31.3. The Kier molecular flexibility index (Phi) is 9.85. The Morgan fingerprint density at radius 1 is 0.981 bits per heavy atom. The van der Waals surface area contributed by atoms with Crippen LogP contribution in [0.3, 0.4) is 0 Å². The predicted molar refractivity (Wildman–Crippen MR) is 200 cm³/mol. The molecule has 3 heterocycles. The van der Waals surface area contributed by atoms with E-state index in [0.29, 0.717) is 53.2 Å². The first-order chi connectivity index (χ1) is 26.0. The van der Waals surface area contributed by atoms with E-state index >= 15 is 0 Å². The highest BCUT2D eigenvalue weighted by Gasteiger charge is 2.32. The van der Waals surface area contributed by atoms with Crippen molar-refractivity contribution < 1.29 is 31.2 Å². The molecule has 1 aliphatic rings. The van der Waals surface area contributed by atoms with Crippen LogP contribution in [0.15, 0.2) is 95.4 Å². The summed E-state index contributed by atoms with van der Waals surface area (Å²) in [6.07, 6.45) is 0.970. The van der Waals surface area contributed by atoms with Crippen molar-refractivity contribution in [2.75, 3.05) is 55.4 Å². The van der Waals surface area contributed by atoms with Gasteiger partial charge in [-0.15, -0.1) is 0 Å². The molecule has 0 aliphatic carbocycles. The molecule has 16 heteroatoms. The lowest BCUT2D eigenvalue weighted by atomic mass is 9.96. The fraction of sp³-hybridized carbons (Fsp3) is 0.237. The third kappa shape index (κ3) is 6.87. The number of furan rings is 1. The largest absolute Gasteiger partial charge is 0.455 e. The second kappa shape index (κ2) is 14.7. The Morgan fingerprint density at radius 3 is 2.43 bits per heavy atom. The van der Waals surface area contributed by atoms with Crippen molar-refractivity contribution in [3.8, 4) is 28.1 Å². The van der Waals surface area contributed by atoms with Crippen LogP contribution in [0.1, 0.15) is 27.6 Å². The molecular weight excluding hydrogens is 719 g/mol. The number of alkyl halides is 1. The Labute approximate surface area is 309 Å². The van der Waals surface area contributed by atoms with E-state index in [-0.39, 0.29) is 34.5 Å². The van der Waals surface area contributed by atoms with Crippen LogP contribution in [0.2, 0.25) is 0 Å². The molecule has 7 rings (SSSR count). The smallest absolute Gasteiger partial charge is 0.255 e. The molecule has 2 amide bonds. The topological polar surface area (TPSA) is 147 Å². The van der Waals surface area contributed by atoms with E-state index in [0.717, 1.165) is 16.2 Å². The second-order valence-electron chi connectivity index (χ2n) is 12.9. The minimum Gasteiger partial charge on any atom is -0.455 e. The second-order valence-corrected chi connectivity index (χ2v) is 14.8. The number of anilines is 2. The third-order valence-electron chi connectivity index (χ3n) is 9.37. The number of hydrogen-bond donors (Lipinski definition) is 1. The molecule has 1 saturated heterocycles. The maximum atomic E-state index is 14.1. The van der Waals surface area contributed by atoms with Crippen LogP contribution in [0.5, 0.6) is 0 Å². The summed E-state index contributed by atoms with van der Waals surface area (Å²) in [6.45, 7) is 1.78. The molecule has 0 unspecified atom stereocenters. The molecular formula is C38H36F2N8O5S. The van der Waals surface area contributed by atoms with Gasteiger partial charge >= 0.3 is 0 Å². The fourth-order valence-corrected chi connectivity index (χ4v) is 7.72. The van der Waals surface area contributed by atoms with E-state index in [4.69, 9.17) is 4.42 Å². The number of carbonyl (C=O) groups is 2. The van der Waals surface area contributed by atoms with E-state index in [9.17, 15) is 26.8 Å². The highest BCUT2D eigenvalue weighted by Crippen LogP contribution is 2.42. The van der Waals surface area contributed by atoms with Gasteiger partial charge in [0.05, 0.1) is 29.7 Å². The van der Waals surface area contributed by atoms with E-state index < -0.39 is 35.0 Å². The number of fused-ring (bicyclic) bond motifs is 1. The zero-order chi connectivity index (χ0) is 38.1. The molecule has 13 nitrogen and oxygen atoms in total. The lowest BCUT2D eigenvalue weighted by molar-refractivity contribution is 0.0673. The lowest BCUT2D eigenvalue weighted by Crippen LogP contribution is -2.54. The Hall–Kier alpha value is -6.16. The predicted octanol–water partition coefficient (Wildman–Crippen LogP) is 5.33. The van der Waals surface area contributed by atoms with Gasteiger partial charge in [-0.1, -0.05) is 35.4 Å². The molecule has 1 fully saturated rings. The molecule has 0 bridgehead atoms. The number of benzene rings is 4. The number of halogens is 2. The van der Waals surface area contributed by atoms with Gasteiger partial charge in [-0.25, -0.2) is 17.2 Å². The molecule has 0 saturated carbocycles. The van der Waals surface area contributed by atoms with Crippen LogP contribution in [0.4, 0.5) is 20.4 Å². The van der Waals surface area contributed by atoms with Gasteiger partial charge in [0.2, 0.25) is 10.0 Å². The summed E-state index contributed by atoms with van der Waals surface area (Å²) in [5.41, 5.74) is 2.71. The minimum atomic E-state index is -4.02. The first-order valence-electron chi connectivity index (χ1n) is 17.1. The summed E-state index contributed by atoms with van der Waals surface area (Å²) in [5, 5.41) is 15.2. The number of piperazine rings is 1. The zero-order valence-electron chi connectivity index (χ0n) is 29.6. The summed E-state index contributed by atoms with van der Waals surface area (Å²) < 4.78 is 62.7. The molecule has 4 aromatic carbocycles. The summed E-state index contributed by atoms with van der Waals surface area (Å²) in [7, 11) is -2.56. The molecule has 1 atom stereocenters. The average molecular weight is 755 g/mol. The van der Waals surface area contributed by atoms with E-state index in [2.05, 4.69) is 20.8 Å². The number of tetrazole rings is 1. The van der Waals surface area contributed by atoms with Crippen molar-refractivity contribution in [3.05, 3.63) is 108 Å². The molecule has 278 valence electrons. The summed E-state index contributed by atoms with van der Waals surface area (Å²) in [5.74, 6) is -0.520. The number of aromatic nitrogens is 4. The molecule has 0 radical (unpaired) electrons. The third-order valence-corrected chi connectivity index (χ3v) is 10.5. The van der Waals surface area contributed by atoms with Crippen LogP contribution in [-0.4, -0.2) is 97.5 Å². The molecule has 1 N–H and O–H groups in total. The van der Waals surface area contributed by atoms with Crippen molar-refractivity contribution >= 4 is 44.4 Å². The van der Waals surface area contributed by atoms with Crippen LogP contribution in [0.25, 0.3) is 39.1 Å². The fourth-order valence-electron chi connectivity index (χ4n) is 6.81. The van der Waals surface area contributed by atoms with E-state index in [1.807, 2.05) is 42.2 Å². The molecule has 0 spiro atoms. The SMILES string of the molecule is CNC(=O)c1c(-c2ccc(F)cc2)oc2cc(N(CCF)S(C)(=O)=O)c(-c3cccc(C(=O)N4CCN(c5nnnn5-c5ccccc5)C[C@@H]4C)c3)cc12. The lowest BCUT2D eigenvalue weighted by Gasteiger charge is -2.40. The summed E-state index contributed by atoms with van der Waals surface area (Å²) in [6, 6.07) is 24.4. The van der Waals surface area contributed by atoms with Gasteiger partial charge in [0.15, 0.2) is 0 Å². The maximum absolute atomic E-state index is 14.1. The normalized spacial score (nSPS) is 14.7. The van der Waals surface area contributed by atoms with Crippen molar-refractivity contribution in [1.29, 1.82) is 0 Å². The van der Waals surface area contributed by atoms with Crippen molar-refractivity contribution in [1.82, 2.24) is 30.4 Å². The van der Waals surface area contributed by atoms with Crippen LogP contribution in [-0.2, 0) is 10.0 Å². The Morgan fingerprint density at radius 2 is 1.74 bits per heavy atom. The van der Waals surface area contributed by atoms with E-state index in [1.54, 1.807) is 39.9 Å². The van der Waals surface area contributed by atoms with Gasteiger partial charge in [0.25, 0.3) is 17.8 Å². The number of para-hydroxylation sites is 1. The average Bonchev–Trinajstić information content (AvgIpc) is 3.82. The number of carbonyl (C=O) groups excluding carboxylic acids is 2. The number of nitrogens with zero attached hydrogens (tertiary/aromatic N) is 7. The minimum absolute atomic E-state index is 0.0910. The number of sulfonamides is 1. The zero-order valence-corrected chi connectivity index (χ0v) is 30.4. The van der Waals surface area contributed by atoms with Gasteiger partial charge in [-0.2, -0.15) is 4.68 Å². The first-order valence-corrected chi connectivity index (χ1v) is 19.0. The monoisotopic (exact) mass is 754 g/mol. The van der Waals surface area contributed by atoms with Crippen molar-refractivity contribution in [3.63, 3.8) is 0 Å². The van der Waals surface area contributed by atoms with Crippen molar-refractivity contribution in [2.24, 2.45) is 0 Å². The van der Waals surface area contributed by atoms with Crippen LogP contribution in [0, 0.1) is 5.82 Å². The standard InChI is InChI=1S/C38H36F2N8O5S/c1-24-23-45(38-42-43-44-48(38)29-10-5-4-6-11-29)18-19-46(24)37(50)27-9-7-8-26(20-27)30-21-31-33(22-32(30)47(17-16-39)54(3,51)52)53-35(34(31)36(49)41-2)25-12-14-28(40)15-13-25/h4-15,20-22,24H,16-19,23H2,1-3H3,(H,41,49)/t24-/m0/s1. The number of rotatable bonds is 10. The molecule has 2 aromatic heterocycles. The van der Waals surface area contributed by atoms with Gasteiger partial charge in [0.1, 0.15) is 23.8 Å². The van der Waals surface area contributed by atoms with Crippen LogP contribution >= 0.6 is 0 Å². The van der Waals surface area contributed by atoms with E-state index in [1.165, 1.54) is 37.4 Å². The quantitative estimate of drug-likeness (QED) is 0.196. The number of hydrogen-bond acceptors (Lipinski definition) is 9. The molecule has 54 heavy (non-hydrogen) atoms. The summed E-state index contributed by atoms with van der Waals surface area (Å²) >= 11 is 0. The Bertz CT molecular complexity index is 2460.